The van der Waals surface area contributed by atoms with Crippen LogP contribution in [0.4, 0.5) is 0 Å². The zero-order valence-electron chi connectivity index (χ0n) is 11.4. The van der Waals surface area contributed by atoms with Gasteiger partial charge < -0.3 is 4.74 Å². The smallest absolute Gasteiger partial charge is 0.180 e. The van der Waals surface area contributed by atoms with Crippen LogP contribution in [-0.2, 0) is 17.6 Å². The van der Waals surface area contributed by atoms with Crippen molar-refractivity contribution in [3.8, 4) is 11.3 Å². The van der Waals surface area contributed by atoms with Crippen LogP contribution in [0.2, 0.25) is 0 Å². The summed E-state index contributed by atoms with van der Waals surface area (Å²) in [5.74, 6) is 0.837. The molecule has 0 amide bonds. The van der Waals surface area contributed by atoms with Crippen LogP contribution in [0.3, 0.4) is 0 Å². The topological polar surface area (TPSA) is 34.5 Å². The molecule has 4 heteroatoms. The van der Waals surface area contributed by atoms with E-state index in [4.69, 9.17) is 9.73 Å². The average Bonchev–Trinajstić information content (AvgIpc) is 3.09. The van der Waals surface area contributed by atoms with Gasteiger partial charge in [0.25, 0.3) is 0 Å². The van der Waals surface area contributed by atoms with Crippen LogP contribution < -0.4 is 0 Å². The van der Waals surface area contributed by atoms with Crippen molar-refractivity contribution in [1.82, 2.24) is 4.98 Å². The second-order valence-corrected chi connectivity index (χ2v) is 6.36. The first-order chi connectivity index (χ1) is 9.76. The van der Waals surface area contributed by atoms with Gasteiger partial charge in [0.2, 0.25) is 0 Å². The maximum Gasteiger partial charge on any atom is 0.180 e. The van der Waals surface area contributed by atoms with Gasteiger partial charge in [-0.3, -0.25) is 0 Å². The number of rotatable bonds is 1. The van der Waals surface area contributed by atoms with Gasteiger partial charge in [-0.1, -0.05) is 18.2 Å². The van der Waals surface area contributed by atoms with Crippen molar-refractivity contribution in [3.05, 3.63) is 40.2 Å². The summed E-state index contributed by atoms with van der Waals surface area (Å²) in [5, 5.41) is 2.13. The molecule has 4 rings (SSSR count). The van der Waals surface area contributed by atoms with E-state index < -0.39 is 0 Å². The van der Waals surface area contributed by atoms with E-state index in [9.17, 15) is 0 Å². The van der Waals surface area contributed by atoms with Gasteiger partial charge in [0.15, 0.2) is 5.90 Å². The molecule has 2 aliphatic rings. The first kappa shape index (κ1) is 12.1. The molecule has 2 heterocycles. The van der Waals surface area contributed by atoms with Gasteiger partial charge in [-0.25, -0.2) is 9.98 Å². The minimum absolute atomic E-state index is 0.0161. The van der Waals surface area contributed by atoms with E-state index in [1.165, 1.54) is 16.7 Å². The highest BCUT2D eigenvalue weighted by molar-refractivity contribution is 7.07. The Balaban J connectivity index is 1.76. The Hall–Kier alpha value is -1.68. The lowest BCUT2D eigenvalue weighted by atomic mass is 9.77. The lowest BCUT2D eigenvalue weighted by Gasteiger charge is -2.31. The van der Waals surface area contributed by atoms with E-state index in [0.29, 0.717) is 0 Å². The normalized spacial score (nSPS) is 24.4. The second kappa shape index (κ2) is 4.42. The minimum Gasteiger partial charge on any atom is -0.479 e. The molecule has 3 nitrogen and oxygen atoms in total. The summed E-state index contributed by atoms with van der Waals surface area (Å²) in [5.41, 5.74) is 7.13. The van der Waals surface area contributed by atoms with Crippen molar-refractivity contribution < 1.29 is 4.74 Å². The first-order valence-corrected chi connectivity index (χ1v) is 7.89. The first-order valence-electron chi connectivity index (χ1n) is 6.94. The predicted octanol–water partition coefficient (Wildman–Crippen LogP) is 3.49. The quantitative estimate of drug-likeness (QED) is 0.803. The van der Waals surface area contributed by atoms with E-state index in [1.807, 2.05) is 12.4 Å². The van der Waals surface area contributed by atoms with Crippen LogP contribution >= 0.6 is 11.3 Å². The lowest BCUT2D eigenvalue weighted by molar-refractivity contribution is 0.236. The average molecular weight is 284 g/mol. The number of hydrogen-bond donors (Lipinski definition) is 0. The molecule has 0 bridgehead atoms. The Kier molecular flexibility index (Phi) is 2.67. The van der Waals surface area contributed by atoms with Crippen molar-refractivity contribution in [2.45, 2.75) is 31.7 Å². The van der Waals surface area contributed by atoms with Gasteiger partial charge >= 0.3 is 0 Å². The van der Waals surface area contributed by atoms with Crippen molar-refractivity contribution in [2.24, 2.45) is 4.99 Å². The Morgan fingerprint density at radius 1 is 1.35 bits per heavy atom. The molecule has 0 saturated heterocycles. The third kappa shape index (κ3) is 1.86. The molecular formula is C16H16N2OS. The van der Waals surface area contributed by atoms with Crippen molar-refractivity contribution in [2.75, 3.05) is 6.61 Å². The fourth-order valence-electron chi connectivity index (χ4n) is 3.34. The number of hydrogen-bond acceptors (Lipinski definition) is 4. The molecule has 20 heavy (non-hydrogen) atoms. The van der Waals surface area contributed by atoms with Gasteiger partial charge in [-0.05, 0) is 24.0 Å². The monoisotopic (exact) mass is 284 g/mol. The second-order valence-electron chi connectivity index (χ2n) is 5.64. The Morgan fingerprint density at radius 3 is 3.05 bits per heavy atom. The number of fused-ring (bicyclic) bond motifs is 1. The van der Waals surface area contributed by atoms with Crippen LogP contribution in [0.1, 0.15) is 24.5 Å². The number of aromatic nitrogens is 1. The largest absolute Gasteiger partial charge is 0.479 e. The molecule has 1 spiro atoms. The summed E-state index contributed by atoms with van der Waals surface area (Å²) < 4.78 is 5.60. The molecule has 0 fully saturated rings. The van der Waals surface area contributed by atoms with E-state index in [1.54, 1.807) is 11.3 Å². The fourth-order valence-corrected chi connectivity index (χ4v) is 3.89. The summed E-state index contributed by atoms with van der Waals surface area (Å²) in [6.07, 6.45) is 3.11. The molecule has 1 aromatic heterocycles. The van der Waals surface area contributed by atoms with Gasteiger partial charge in [-0.15, -0.1) is 11.3 Å². The van der Waals surface area contributed by atoms with Crippen LogP contribution in [0, 0.1) is 0 Å². The number of nitrogens with zero attached hydrogens (tertiary/aromatic N) is 2. The third-order valence-corrected chi connectivity index (χ3v) is 4.87. The van der Waals surface area contributed by atoms with E-state index in [2.05, 4.69) is 28.6 Å². The number of aliphatic imine (C=N–C) groups is 1. The highest BCUT2D eigenvalue weighted by atomic mass is 32.1. The van der Waals surface area contributed by atoms with Gasteiger partial charge in [0, 0.05) is 24.3 Å². The summed E-state index contributed by atoms with van der Waals surface area (Å²) >= 11 is 1.65. The van der Waals surface area contributed by atoms with Crippen LogP contribution in [0.25, 0.3) is 11.3 Å². The van der Waals surface area contributed by atoms with Crippen molar-refractivity contribution in [3.63, 3.8) is 0 Å². The molecule has 1 atom stereocenters. The molecular weight excluding hydrogens is 268 g/mol. The maximum absolute atomic E-state index is 5.60. The lowest BCUT2D eigenvalue weighted by Crippen LogP contribution is -2.35. The predicted molar refractivity (Wildman–Crippen MR) is 81.4 cm³/mol. The standard InChI is InChI=1S/C16H16N2OS/c1-11-18-16(9-19-11)6-5-13-12(7-16)3-2-4-14(13)15-8-20-10-17-15/h2-4,8,10H,5-7,9H2,1H3/t16-/m0/s1. The maximum atomic E-state index is 5.60. The molecule has 0 saturated carbocycles. The number of ether oxygens (including phenoxy) is 1. The molecule has 0 unspecified atom stereocenters. The fraction of sp³-hybridized carbons (Fsp3) is 0.375. The zero-order chi connectivity index (χ0) is 13.6. The highest BCUT2D eigenvalue weighted by Crippen LogP contribution is 2.38. The summed E-state index contributed by atoms with van der Waals surface area (Å²) in [4.78, 5) is 9.21. The third-order valence-electron chi connectivity index (χ3n) is 4.29. The van der Waals surface area contributed by atoms with Crippen LogP contribution in [0.5, 0.6) is 0 Å². The molecule has 2 aromatic rings. The molecule has 102 valence electrons. The number of thiazole rings is 1. The Labute approximate surface area is 122 Å². The highest BCUT2D eigenvalue weighted by Gasteiger charge is 2.39. The summed E-state index contributed by atoms with van der Waals surface area (Å²) in [6.45, 7) is 2.69. The van der Waals surface area contributed by atoms with Crippen LogP contribution in [0.15, 0.2) is 34.1 Å². The van der Waals surface area contributed by atoms with Gasteiger partial charge in [0.05, 0.1) is 11.2 Å². The number of benzene rings is 1. The zero-order valence-corrected chi connectivity index (χ0v) is 12.2. The SMILES string of the molecule is CC1=N[C@]2(CCc3c(cccc3-c3cscn3)C2)CO1. The van der Waals surface area contributed by atoms with E-state index in [-0.39, 0.29) is 5.54 Å². The van der Waals surface area contributed by atoms with E-state index in [0.717, 1.165) is 37.5 Å². The minimum atomic E-state index is -0.0161. The van der Waals surface area contributed by atoms with Crippen LogP contribution in [-0.4, -0.2) is 23.0 Å². The van der Waals surface area contributed by atoms with Gasteiger partial charge in [0.1, 0.15) is 12.1 Å². The molecule has 1 aliphatic carbocycles. The van der Waals surface area contributed by atoms with E-state index >= 15 is 0 Å². The van der Waals surface area contributed by atoms with Gasteiger partial charge in [-0.2, -0.15) is 0 Å². The van der Waals surface area contributed by atoms with Crippen molar-refractivity contribution in [1.29, 1.82) is 0 Å². The summed E-state index contributed by atoms with van der Waals surface area (Å²) in [6, 6.07) is 6.56. The summed E-state index contributed by atoms with van der Waals surface area (Å²) in [7, 11) is 0. The molecule has 1 aromatic carbocycles. The molecule has 0 N–H and O–H groups in total. The van der Waals surface area contributed by atoms with Crippen molar-refractivity contribution >= 4 is 17.2 Å². The molecule has 1 aliphatic heterocycles. The Morgan fingerprint density at radius 2 is 2.30 bits per heavy atom. The Bertz CT molecular complexity index is 678. The molecule has 0 radical (unpaired) electrons.